The van der Waals surface area contributed by atoms with Crippen molar-refractivity contribution >= 4 is 39.3 Å². The van der Waals surface area contributed by atoms with Gasteiger partial charge in [-0.15, -0.1) is 0 Å². The Hall–Kier alpha value is -3.38. The zero-order valence-electron chi connectivity index (χ0n) is 30.0. The van der Waals surface area contributed by atoms with E-state index in [0.717, 1.165) is 38.5 Å². The SMILES string of the molecule is CC/C=C\C/C=C\C/C=C\C/C=C\C/C=C\C/C=C\CCC(=O)NCCSSC(C)(C)[C@H](CC(=O)NC[C@@H](O)CO)c1ncccc1C(N)=O. The van der Waals surface area contributed by atoms with Gasteiger partial charge in [0.1, 0.15) is 0 Å². The number of aliphatic hydroxyl groups excluding tert-OH is 2. The fourth-order valence-electron chi connectivity index (χ4n) is 4.56. The van der Waals surface area contributed by atoms with Gasteiger partial charge in [0, 0.05) is 48.5 Å². The van der Waals surface area contributed by atoms with Crippen LogP contribution < -0.4 is 16.4 Å². The van der Waals surface area contributed by atoms with Gasteiger partial charge in [-0.3, -0.25) is 19.4 Å². The Morgan fingerprint density at radius 1 is 0.880 bits per heavy atom. The summed E-state index contributed by atoms with van der Waals surface area (Å²) in [6.07, 6.45) is 33.2. The van der Waals surface area contributed by atoms with E-state index in [1.54, 1.807) is 39.9 Å². The van der Waals surface area contributed by atoms with Crippen LogP contribution >= 0.6 is 21.6 Å². The average molecular weight is 727 g/mol. The minimum atomic E-state index is -1.06. The molecule has 0 spiro atoms. The van der Waals surface area contributed by atoms with Crippen LogP contribution in [0.4, 0.5) is 0 Å². The van der Waals surface area contributed by atoms with Crippen molar-refractivity contribution < 1.29 is 24.6 Å². The molecule has 0 fully saturated rings. The summed E-state index contributed by atoms with van der Waals surface area (Å²) in [5.74, 6) is -0.818. The van der Waals surface area contributed by atoms with Gasteiger partial charge in [-0.1, -0.05) is 101 Å². The highest BCUT2D eigenvalue weighted by atomic mass is 33.1. The van der Waals surface area contributed by atoms with Crippen LogP contribution in [0.5, 0.6) is 0 Å². The second-order valence-corrected chi connectivity index (χ2v) is 15.1. The zero-order chi connectivity index (χ0) is 36.9. The molecule has 3 amide bonds. The molecule has 1 aromatic heterocycles. The van der Waals surface area contributed by atoms with Crippen molar-refractivity contribution in [3.63, 3.8) is 0 Å². The van der Waals surface area contributed by atoms with Crippen LogP contribution in [0.1, 0.15) is 101 Å². The van der Waals surface area contributed by atoms with Gasteiger partial charge in [-0.2, -0.15) is 0 Å². The van der Waals surface area contributed by atoms with Gasteiger partial charge in [0.15, 0.2) is 0 Å². The molecule has 0 aromatic carbocycles. The number of rotatable bonds is 27. The van der Waals surface area contributed by atoms with Crippen molar-refractivity contribution in [2.75, 3.05) is 25.4 Å². The highest BCUT2D eigenvalue weighted by molar-refractivity contribution is 8.77. The normalized spacial score (nSPS) is 13.8. The van der Waals surface area contributed by atoms with Crippen molar-refractivity contribution in [1.29, 1.82) is 0 Å². The average Bonchev–Trinajstić information content (AvgIpc) is 3.10. The third kappa shape index (κ3) is 21.7. The summed E-state index contributed by atoms with van der Waals surface area (Å²) in [7, 11) is 3.10. The number of pyridine rings is 1. The van der Waals surface area contributed by atoms with Crippen LogP contribution in [0.15, 0.2) is 91.2 Å². The number of hydrogen-bond acceptors (Lipinski definition) is 8. The van der Waals surface area contributed by atoms with Gasteiger partial charge in [0.25, 0.3) is 5.91 Å². The highest BCUT2D eigenvalue weighted by Crippen LogP contribution is 2.46. The minimum absolute atomic E-state index is 0.00132. The monoisotopic (exact) mass is 726 g/mol. The predicted octanol–water partition coefficient (Wildman–Crippen LogP) is 6.88. The number of amides is 3. The number of nitrogens with zero attached hydrogens (tertiary/aromatic N) is 1. The molecule has 6 N–H and O–H groups in total. The van der Waals surface area contributed by atoms with Gasteiger partial charge in [-0.05, 0) is 70.9 Å². The molecule has 0 aliphatic carbocycles. The molecule has 2 atom stereocenters. The molecular weight excluding hydrogens is 669 g/mol. The summed E-state index contributed by atoms with van der Waals surface area (Å²) in [5, 5.41) is 24.3. The summed E-state index contributed by atoms with van der Waals surface area (Å²) < 4.78 is -0.559. The number of allylic oxidation sites excluding steroid dienone is 12. The number of aliphatic hydroxyl groups is 2. The van der Waals surface area contributed by atoms with Crippen LogP contribution in [0.2, 0.25) is 0 Å². The van der Waals surface area contributed by atoms with Crippen LogP contribution in [0, 0.1) is 0 Å². The smallest absolute Gasteiger partial charge is 0.250 e. The van der Waals surface area contributed by atoms with Gasteiger partial charge in [-0.25, -0.2) is 0 Å². The van der Waals surface area contributed by atoms with E-state index in [2.05, 4.69) is 89.4 Å². The van der Waals surface area contributed by atoms with E-state index in [0.29, 0.717) is 30.8 Å². The Labute approximate surface area is 307 Å². The molecule has 0 aliphatic heterocycles. The third-order valence-corrected chi connectivity index (χ3v) is 10.7. The summed E-state index contributed by atoms with van der Waals surface area (Å²) in [6.45, 7) is 6.02. The molecule has 0 radical (unpaired) electrons. The Morgan fingerprint density at radius 2 is 1.44 bits per heavy atom. The number of carbonyl (C=O) groups excluding carboxylic acids is 3. The fraction of sp³-hybridized carbons (Fsp3) is 0.487. The second kappa shape index (κ2) is 28.3. The van der Waals surface area contributed by atoms with Crippen LogP contribution in [-0.2, 0) is 9.59 Å². The van der Waals surface area contributed by atoms with E-state index in [4.69, 9.17) is 10.8 Å². The summed E-state index contributed by atoms with van der Waals surface area (Å²) in [6, 6.07) is 3.21. The molecule has 276 valence electrons. The maximum atomic E-state index is 12.8. The summed E-state index contributed by atoms with van der Waals surface area (Å²) >= 11 is 0. The molecule has 0 aliphatic rings. The second-order valence-electron chi connectivity index (χ2n) is 12.0. The first kappa shape index (κ1) is 44.6. The van der Waals surface area contributed by atoms with E-state index < -0.39 is 29.3 Å². The largest absolute Gasteiger partial charge is 0.394 e. The topological polar surface area (TPSA) is 155 Å². The Balaban J connectivity index is 2.36. The van der Waals surface area contributed by atoms with Gasteiger partial charge >= 0.3 is 0 Å². The minimum Gasteiger partial charge on any atom is -0.394 e. The predicted molar refractivity (Wildman–Crippen MR) is 211 cm³/mol. The molecule has 1 heterocycles. The number of carbonyl (C=O) groups is 3. The number of aromatic nitrogens is 1. The lowest BCUT2D eigenvalue weighted by molar-refractivity contribution is -0.122. The van der Waals surface area contributed by atoms with E-state index in [1.807, 2.05) is 19.9 Å². The van der Waals surface area contributed by atoms with Crippen molar-refractivity contribution in [1.82, 2.24) is 15.6 Å². The van der Waals surface area contributed by atoms with Crippen molar-refractivity contribution in [3.05, 3.63) is 102 Å². The van der Waals surface area contributed by atoms with Gasteiger partial charge in [0.2, 0.25) is 11.8 Å². The van der Waals surface area contributed by atoms with Crippen molar-refractivity contribution in [2.24, 2.45) is 5.73 Å². The van der Waals surface area contributed by atoms with E-state index in [-0.39, 0.29) is 30.3 Å². The lowest BCUT2D eigenvalue weighted by Gasteiger charge is -2.33. The molecule has 9 nitrogen and oxygen atoms in total. The maximum Gasteiger partial charge on any atom is 0.250 e. The van der Waals surface area contributed by atoms with Gasteiger partial charge in [0.05, 0.1) is 24.0 Å². The molecular formula is C39H58N4O5S2. The standard InChI is InChI=1S/C39H58N4O5S2/c1-4-5-6-7-8-9-10-11-12-13-14-15-16-17-18-19-20-21-22-25-35(46)41-27-28-49-50-39(2,3)34(29-36(47)43-30-32(45)31-44)37-33(38(40)48)24-23-26-42-37/h5-6,8-9,11-12,14-15,17-18,20-21,23-24,26,32,34,44-45H,4,7,10,13,16,19,22,25,27-31H2,1-3H3,(H2,40,48)(H,41,46)(H,43,47)/b6-5-,9-8-,12-11-,15-14-,18-17-,21-20-/t32-,34-/m1/s1. The fourth-order valence-corrected chi connectivity index (χ4v) is 7.20. The Bertz CT molecular complexity index is 1310. The molecule has 0 bridgehead atoms. The maximum absolute atomic E-state index is 12.8. The molecule has 0 unspecified atom stereocenters. The molecule has 1 rings (SSSR count). The lowest BCUT2D eigenvalue weighted by Crippen LogP contribution is -2.37. The molecule has 50 heavy (non-hydrogen) atoms. The van der Waals surface area contributed by atoms with Crippen molar-refractivity contribution in [3.8, 4) is 0 Å². The van der Waals surface area contributed by atoms with Crippen LogP contribution in [-0.4, -0.2) is 69.2 Å². The Kier molecular flexibility index (Phi) is 25.3. The molecule has 1 aromatic rings. The summed E-state index contributed by atoms with van der Waals surface area (Å²) in [4.78, 5) is 41.7. The van der Waals surface area contributed by atoms with E-state index >= 15 is 0 Å². The van der Waals surface area contributed by atoms with Crippen molar-refractivity contribution in [2.45, 2.75) is 95.3 Å². The number of nitrogens with one attached hydrogen (secondary N) is 2. The van der Waals surface area contributed by atoms with Gasteiger partial charge < -0.3 is 26.6 Å². The first-order valence-electron chi connectivity index (χ1n) is 17.4. The number of hydrogen-bond donors (Lipinski definition) is 5. The quantitative estimate of drug-likeness (QED) is 0.0374. The third-order valence-electron chi connectivity index (χ3n) is 7.32. The Morgan fingerprint density at radius 3 is 1.98 bits per heavy atom. The first-order valence-corrected chi connectivity index (χ1v) is 19.7. The van der Waals surface area contributed by atoms with Crippen LogP contribution in [0.3, 0.4) is 0 Å². The zero-order valence-corrected chi connectivity index (χ0v) is 31.6. The molecule has 0 saturated heterocycles. The molecule has 11 heteroatoms. The summed E-state index contributed by atoms with van der Waals surface area (Å²) in [5.41, 5.74) is 6.30. The highest BCUT2D eigenvalue weighted by Gasteiger charge is 2.36. The van der Waals surface area contributed by atoms with E-state index in [9.17, 15) is 19.5 Å². The number of primary amides is 1. The van der Waals surface area contributed by atoms with Crippen LogP contribution in [0.25, 0.3) is 0 Å². The number of nitrogens with two attached hydrogens (primary N) is 1. The lowest BCUT2D eigenvalue weighted by atomic mass is 9.85. The molecule has 0 saturated carbocycles. The van der Waals surface area contributed by atoms with E-state index in [1.165, 1.54) is 0 Å². The first-order chi connectivity index (χ1) is 24.1.